The lowest BCUT2D eigenvalue weighted by molar-refractivity contribution is -0.125. The van der Waals surface area contributed by atoms with Crippen LogP contribution in [0.15, 0.2) is 43.0 Å². The van der Waals surface area contributed by atoms with Crippen molar-refractivity contribution in [3.63, 3.8) is 0 Å². The fourth-order valence-electron chi connectivity index (χ4n) is 2.66. The van der Waals surface area contributed by atoms with Crippen LogP contribution in [0.2, 0.25) is 0 Å². The van der Waals surface area contributed by atoms with E-state index in [4.69, 9.17) is 0 Å². The summed E-state index contributed by atoms with van der Waals surface area (Å²) >= 11 is 0. The molecule has 0 saturated carbocycles. The monoisotopic (exact) mass is 297 g/mol. The molecule has 0 aromatic carbocycles. The fourth-order valence-corrected chi connectivity index (χ4v) is 2.66. The minimum Gasteiger partial charge on any atom is -0.352 e. The Morgan fingerprint density at radius 1 is 1.27 bits per heavy atom. The summed E-state index contributed by atoms with van der Waals surface area (Å²) in [4.78, 5) is 27.0. The van der Waals surface area contributed by atoms with E-state index in [1.165, 1.54) is 0 Å². The lowest BCUT2D eigenvalue weighted by atomic mass is 9.97. The lowest BCUT2D eigenvalue weighted by Gasteiger charge is -2.31. The number of anilines is 1. The van der Waals surface area contributed by atoms with Crippen molar-refractivity contribution in [2.45, 2.75) is 19.4 Å². The molecule has 1 atom stereocenters. The number of aromatic nitrogens is 3. The van der Waals surface area contributed by atoms with Crippen LogP contribution < -0.4 is 10.2 Å². The third kappa shape index (κ3) is 3.58. The Balaban J connectivity index is 1.56. The second-order valence-electron chi connectivity index (χ2n) is 5.41. The summed E-state index contributed by atoms with van der Waals surface area (Å²) in [5, 5.41) is 2.99. The highest BCUT2D eigenvalue weighted by atomic mass is 16.1. The number of hydrogen-bond donors (Lipinski definition) is 1. The first-order valence-electron chi connectivity index (χ1n) is 7.51. The second-order valence-corrected chi connectivity index (χ2v) is 5.41. The Hall–Kier alpha value is -2.50. The molecule has 2 aromatic heterocycles. The van der Waals surface area contributed by atoms with Crippen LogP contribution in [0.25, 0.3) is 0 Å². The van der Waals surface area contributed by atoms with Gasteiger partial charge in [0.05, 0.1) is 5.92 Å². The third-order valence-corrected chi connectivity index (χ3v) is 3.82. The van der Waals surface area contributed by atoms with Gasteiger partial charge in [-0.1, -0.05) is 6.07 Å². The Kier molecular flexibility index (Phi) is 4.58. The Labute approximate surface area is 129 Å². The number of nitrogens with zero attached hydrogens (tertiary/aromatic N) is 4. The predicted octanol–water partition coefficient (Wildman–Crippen LogP) is 1.40. The molecular weight excluding hydrogens is 278 g/mol. The molecule has 0 spiro atoms. The van der Waals surface area contributed by atoms with Gasteiger partial charge >= 0.3 is 0 Å². The highest BCUT2D eigenvalue weighted by molar-refractivity contribution is 5.79. The zero-order chi connectivity index (χ0) is 15.2. The summed E-state index contributed by atoms with van der Waals surface area (Å²) in [6, 6.07) is 5.63. The normalized spacial score (nSPS) is 18.0. The number of rotatable bonds is 4. The summed E-state index contributed by atoms with van der Waals surface area (Å²) in [5.74, 6) is 0.769. The number of amides is 1. The second kappa shape index (κ2) is 6.98. The van der Waals surface area contributed by atoms with Crippen LogP contribution in [-0.4, -0.2) is 33.9 Å². The highest BCUT2D eigenvalue weighted by Gasteiger charge is 2.26. The molecule has 0 bridgehead atoms. The summed E-state index contributed by atoms with van der Waals surface area (Å²) < 4.78 is 0. The molecule has 0 aliphatic carbocycles. The van der Waals surface area contributed by atoms with Gasteiger partial charge in [0.1, 0.15) is 0 Å². The van der Waals surface area contributed by atoms with Gasteiger partial charge in [-0.05, 0) is 30.5 Å². The molecular formula is C16H19N5O. The number of piperidine rings is 1. The van der Waals surface area contributed by atoms with Crippen LogP contribution in [0, 0.1) is 5.92 Å². The molecule has 3 heterocycles. The molecule has 1 N–H and O–H groups in total. The van der Waals surface area contributed by atoms with Gasteiger partial charge < -0.3 is 10.2 Å². The molecule has 1 fully saturated rings. The SMILES string of the molecule is O=C(NCc1cccnc1)[C@H]1CCCN(c2ncccn2)C1. The van der Waals surface area contributed by atoms with Crippen molar-refractivity contribution >= 4 is 11.9 Å². The molecule has 6 nitrogen and oxygen atoms in total. The molecule has 6 heteroatoms. The first kappa shape index (κ1) is 14.4. The molecule has 114 valence electrons. The van der Waals surface area contributed by atoms with Crippen LogP contribution in [0.5, 0.6) is 0 Å². The van der Waals surface area contributed by atoms with E-state index in [1.54, 1.807) is 30.9 Å². The average molecular weight is 297 g/mol. The van der Waals surface area contributed by atoms with Crippen molar-refractivity contribution in [1.29, 1.82) is 0 Å². The maximum absolute atomic E-state index is 12.3. The van der Waals surface area contributed by atoms with Gasteiger partial charge in [-0.3, -0.25) is 9.78 Å². The van der Waals surface area contributed by atoms with E-state index in [2.05, 4.69) is 25.2 Å². The zero-order valence-corrected chi connectivity index (χ0v) is 12.4. The topological polar surface area (TPSA) is 71.0 Å². The fraction of sp³-hybridized carbons (Fsp3) is 0.375. The van der Waals surface area contributed by atoms with Crippen LogP contribution in [0.3, 0.4) is 0 Å². The summed E-state index contributed by atoms with van der Waals surface area (Å²) in [6.07, 6.45) is 8.84. The zero-order valence-electron chi connectivity index (χ0n) is 12.4. The van der Waals surface area contributed by atoms with Crippen LogP contribution in [-0.2, 0) is 11.3 Å². The number of hydrogen-bond acceptors (Lipinski definition) is 5. The van der Waals surface area contributed by atoms with Gasteiger partial charge in [0.25, 0.3) is 0 Å². The molecule has 1 amide bonds. The summed E-state index contributed by atoms with van der Waals surface area (Å²) in [5.41, 5.74) is 1.01. The van der Waals surface area contributed by atoms with E-state index in [-0.39, 0.29) is 11.8 Å². The number of nitrogens with one attached hydrogen (secondary N) is 1. The van der Waals surface area contributed by atoms with E-state index < -0.39 is 0 Å². The van der Waals surface area contributed by atoms with Gasteiger partial charge in [-0.25, -0.2) is 9.97 Å². The van der Waals surface area contributed by atoms with Crippen molar-refractivity contribution in [2.75, 3.05) is 18.0 Å². The molecule has 22 heavy (non-hydrogen) atoms. The smallest absolute Gasteiger partial charge is 0.225 e. The Bertz CT molecular complexity index is 604. The molecule has 0 radical (unpaired) electrons. The third-order valence-electron chi connectivity index (χ3n) is 3.82. The van der Waals surface area contributed by atoms with E-state index in [1.807, 2.05) is 12.1 Å². The first-order chi connectivity index (χ1) is 10.8. The summed E-state index contributed by atoms with van der Waals surface area (Å²) in [6.45, 7) is 2.09. The number of carbonyl (C=O) groups is 1. The van der Waals surface area contributed by atoms with Gasteiger partial charge in [0.2, 0.25) is 11.9 Å². The van der Waals surface area contributed by atoms with Crippen molar-refractivity contribution in [2.24, 2.45) is 5.92 Å². The predicted molar refractivity (Wildman–Crippen MR) is 83.1 cm³/mol. The molecule has 3 rings (SSSR count). The maximum Gasteiger partial charge on any atom is 0.225 e. The molecule has 1 aliphatic heterocycles. The van der Waals surface area contributed by atoms with E-state index >= 15 is 0 Å². The number of carbonyl (C=O) groups excluding carboxylic acids is 1. The standard InChI is InChI=1S/C16H19N5O/c22-15(20-11-13-4-1-6-17-10-13)14-5-2-9-21(12-14)16-18-7-3-8-19-16/h1,3-4,6-8,10,14H,2,5,9,11-12H2,(H,20,22)/t14-/m0/s1. The minimum atomic E-state index is -0.0192. The van der Waals surface area contributed by atoms with E-state index in [9.17, 15) is 4.79 Å². The van der Waals surface area contributed by atoms with Gasteiger partial charge in [0, 0.05) is 44.4 Å². The van der Waals surface area contributed by atoms with E-state index in [0.717, 1.165) is 24.9 Å². The van der Waals surface area contributed by atoms with Crippen molar-refractivity contribution < 1.29 is 4.79 Å². The van der Waals surface area contributed by atoms with Crippen molar-refractivity contribution in [3.05, 3.63) is 48.5 Å². The van der Waals surface area contributed by atoms with Gasteiger partial charge in [0.15, 0.2) is 0 Å². The van der Waals surface area contributed by atoms with Crippen LogP contribution in [0.4, 0.5) is 5.95 Å². The lowest BCUT2D eigenvalue weighted by Crippen LogP contribution is -2.43. The maximum atomic E-state index is 12.3. The van der Waals surface area contributed by atoms with Crippen LogP contribution in [0.1, 0.15) is 18.4 Å². The molecule has 1 aliphatic rings. The highest BCUT2D eigenvalue weighted by Crippen LogP contribution is 2.20. The molecule has 0 unspecified atom stereocenters. The van der Waals surface area contributed by atoms with Gasteiger partial charge in [-0.15, -0.1) is 0 Å². The minimum absolute atomic E-state index is 0.0192. The molecule has 1 saturated heterocycles. The quantitative estimate of drug-likeness (QED) is 0.924. The van der Waals surface area contributed by atoms with E-state index in [0.29, 0.717) is 19.0 Å². The Morgan fingerprint density at radius 2 is 2.14 bits per heavy atom. The van der Waals surface area contributed by atoms with Crippen molar-refractivity contribution in [3.8, 4) is 0 Å². The number of pyridine rings is 1. The first-order valence-corrected chi connectivity index (χ1v) is 7.51. The average Bonchev–Trinajstić information content (AvgIpc) is 2.61. The van der Waals surface area contributed by atoms with Crippen LogP contribution >= 0.6 is 0 Å². The van der Waals surface area contributed by atoms with Crippen molar-refractivity contribution in [1.82, 2.24) is 20.3 Å². The largest absolute Gasteiger partial charge is 0.352 e. The Morgan fingerprint density at radius 3 is 2.91 bits per heavy atom. The molecule has 2 aromatic rings. The summed E-state index contributed by atoms with van der Waals surface area (Å²) in [7, 11) is 0. The van der Waals surface area contributed by atoms with Gasteiger partial charge in [-0.2, -0.15) is 0 Å².